The average molecular weight is 702 g/mol. The van der Waals surface area contributed by atoms with Gasteiger partial charge in [-0.1, -0.05) is 87.7 Å². The molecule has 2 unspecified atom stereocenters. The summed E-state index contributed by atoms with van der Waals surface area (Å²) in [5, 5.41) is 30.5. The lowest BCUT2D eigenvalue weighted by Gasteiger charge is -2.28. The number of hydrogen-bond acceptors (Lipinski definition) is 7. The van der Waals surface area contributed by atoms with Crippen molar-refractivity contribution in [3.63, 3.8) is 0 Å². The van der Waals surface area contributed by atoms with Gasteiger partial charge in [-0.15, -0.1) is 0 Å². The van der Waals surface area contributed by atoms with E-state index in [4.69, 9.17) is 0 Å². The largest absolute Gasteiger partial charge is 0.390 e. The van der Waals surface area contributed by atoms with E-state index < -0.39 is 62.7 Å². The fourth-order valence-corrected chi connectivity index (χ4v) is 8.33. The molecule has 3 aromatic rings. The van der Waals surface area contributed by atoms with Crippen molar-refractivity contribution in [2.24, 2.45) is 5.92 Å². The standard InChI is InChI=1S/C38H53F2N3O5S/c1-5-10-34(11-6-2)49(47,48)25-31(23-42-37(45)30-15-8-12-26(4)16-30)38(46)43-35(20-29-18-32(39)21-33(40)19-29)36(44)24-41-22-28-14-9-13-27(7-3)17-28/h8-9,12-19,21,31,34-37,41-42,44-45H,5-7,10-11,20,22-25H2,1-4H3,(H,43,46)/t31?,35-,36+,37?/m0/s1. The van der Waals surface area contributed by atoms with E-state index in [-0.39, 0.29) is 25.1 Å². The summed E-state index contributed by atoms with van der Waals surface area (Å²) in [5.41, 5.74) is 3.89. The molecule has 5 N–H and O–H groups in total. The fourth-order valence-electron chi connectivity index (χ4n) is 6.04. The van der Waals surface area contributed by atoms with Crippen LogP contribution in [0.2, 0.25) is 0 Å². The van der Waals surface area contributed by atoms with Crippen LogP contribution in [0.15, 0.2) is 66.7 Å². The first-order chi connectivity index (χ1) is 23.3. The summed E-state index contributed by atoms with van der Waals surface area (Å²) in [6, 6.07) is 17.2. The number of carbonyl (C=O) groups excluding carboxylic acids is 1. The minimum Gasteiger partial charge on any atom is -0.390 e. The number of halogens is 2. The van der Waals surface area contributed by atoms with E-state index in [1.54, 1.807) is 18.2 Å². The van der Waals surface area contributed by atoms with E-state index in [0.29, 0.717) is 37.8 Å². The van der Waals surface area contributed by atoms with Crippen LogP contribution in [0, 0.1) is 24.5 Å². The number of nitrogens with one attached hydrogen (secondary N) is 3. The smallest absolute Gasteiger partial charge is 0.225 e. The Kier molecular flexibility index (Phi) is 16.3. The van der Waals surface area contributed by atoms with Gasteiger partial charge in [-0.25, -0.2) is 17.2 Å². The summed E-state index contributed by atoms with van der Waals surface area (Å²) < 4.78 is 55.7. The lowest BCUT2D eigenvalue weighted by Crippen LogP contribution is -2.52. The van der Waals surface area contributed by atoms with Gasteiger partial charge in [0.25, 0.3) is 0 Å². The third kappa shape index (κ3) is 13.2. The Bertz CT molecular complexity index is 1560. The van der Waals surface area contributed by atoms with Crippen LogP contribution in [-0.4, -0.2) is 60.8 Å². The van der Waals surface area contributed by atoms with Gasteiger partial charge in [-0.05, 0) is 67.0 Å². The molecule has 11 heteroatoms. The summed E-state index contributed by atoms with van der Waals surface area (Å²) in [5.74, 6) is -3.85. The summed E-state index contributed by atoms with van der Waals surface area (Å²) in [7, 11) is -3.74. The molecule has 0 spiro atoms. The molecule has 0 aliphatic carbocycles. The number of carbonyl (C=O) groups is 1. The summed E-state index contributed by atoms with van der Waals surface area (Å²) in [6.45, 7) is 8.08. The molecule has 270 valence electrons. The zero-order chi connectivity index (χ0) is 36.0. The van der Waals surface area contributed by atoms with E-state index in [0.717, 1.165) is 35.7 Å². The van der Waals surface area contributed by atoms with Gasteiger partial charge in [0.05, 0.1) is 29.1 Å². The van der Waals surface area contributed by atoms with Gasteiger partial charge in [0.1, 0.15) is 17.9 Å². The molecule has 0 bridgehead atoms. The highest BCUT2D eigenvalue weighted by atomic mass is 32.2. The molecule has 1 amide bonds. The van der Waals surface area contributed by atoms with Gasteiger partial charge in [0, 0.05) is 25.7 Å². The van der Waals surface area contributed by atoms with Crippen LogP contribution < -0.4 is 16.0 Å². The predicted molar refractivity (Wildman–Crippen MR) is 191 cm³/mol. The van der Waals surface area contributed by atoms with Crippen LogP contribution in [0.25, 0.3) is 0 Å². The zero-order valence-corrected chi connectivity index (χ0v) is 29.9. The van der Waals surface area contributed by atoms with E-state index in [2.05, 4.69) is 28.9 Å². The lowest BCUT2D eigenvalue weighted by atomic mass is 9.99. The number of amides is 1. The second-order valence-electron chi connectivity index (χ2n) is 12.9. The molecule has 0 aliphatic heterocycles. The molecule has 0 saturated heterocycles. The summed E-state index contributed by atoms with van der Waals surface area (Å²) in [6.07, 6.45) is 0.667. The minimum atomic E-state index is -3.74. The van der Waals surface area contributed by atoms with Gasteiger partial charge < -0.3 is 20.8 Å². The minimum absolute atomic E-state index is 0.0431. The second kappa shape index (κ2) is 19.8. The molecular formula is C38H53F2N3O5S. The highest BCUT2D eigenvalue weighted by molar-refractivity contribution is 7.92. The van der Waals surface area contributed by atoms with Gasteiger partial charge in [-0.2, -0.15) is 0 Å². The Hall–Kier alpha value is -3.22. The number of aliphatic hydroxyl groups is 2. The quantitative estimate of drug-likeness (QED) is 0.0956. The Morgan fingerprint density at radius 1 is 0.837 bits per heavy atom. The number of aryl methyl sites for hydroxylation is 2. The van der Waals surface area contributed by atoms with Gasteiger partial charge in [0.2, 0.25) is 5.91 Å². The Morgan fingerprint density at radius 3 is 2.12 bits per heavy atom. The van der Waals surface area contributed by atoms with Crippen molar-refractivity contribution in [3.8, 4) is 0 Å². The van der Waals surface area contributed by atoms with E-state index in [1.807, 2.05) is 45.0 Å². The lowest BCUT2D eigenvalue weighted by molar-refractivity contribution is -0.126. The van der Waals surface area contributed by atoms with Crippen LogP contribution in [-0.2, 0) is 34.0 Å². The van der Waals surface area contributed by atoms with Gasteiger partial charge >= 0.3 is 0 Å². The molecule has 3 aromatic carbocycles. The van der Waals surface area contributed by atoms with Gasteiger partial charge in [-0.3, -0.25) is 10.1 Å². The van der Waals surface area contributed by atoms with Crippen molar-refractivity contribution in [1.29, 1.82) is 0 Å². The summed E-state index contributed by atoms with van der Waals surface area (Å²) in [4.78, 5) is 14.0. The van der Waals surface area contributed by atoms with Crippen LogP contribution in [0.1, 0.15) is 80.5 Å². The molecule has 0 heterocycles. The SMILES string of the molecule is CCCC(CCC)S(=O)(=O)CC(CNC(O)c1cccc(C)c1)C(=O)N[C@@H](Cc1cc(F)cc(F)c1)[C@H](O)CNCc1cccc(CC)c1. The van der Waals surface area contributed by atoms with Crippen molar-refractivity contribution in [2.45, 2.75) is 96.4 Å². The van der Waals surface area contributed by atoms with Crippen molar-refractivity contribution in [3.05, 3.63) is 106 Å². The van der Waals surface area contributed by atoms with Gasteiger partial charge in [0.15, 0.2) is 9.84 Å². The maximum Gasteiger partial charge on any atom is 0.225 e. The number of benzene rings is 3. The number of rotatable bonds is 21. The van der Waals surface area contributed by atoms with Crippen LogP contribution in [0.5, 0.6) is 0 Å². The van der Waals surface area contributed by atoms with Crippen molar-refractivity contribution < 1.29 is 32.2 Å². The maximum atomic E-state index is 14.1. The molecule has 0 saturated carbocycles. The fraction of sp³-hybridized carbons (Fsp3) is 0.500. The average Bonchev–Trinajstić information content (AvgIpc) is 3.05. The van der Waals surface area contributed by atoms with Crippen molar-refractivity contribution in [2.75, 3.05) is 18.8 Å². The van der Waals surface area contributed by atoms with Crippen LogP contribution in [0.3, 0.4) is 0 Å². The maximum absolute atomic E-state index is 14.1. The molecule has 8 nitrogen and oxygen atoms in total. The van der Waals surface area contributed by atoms with Crippen molar-refractivity contribution in [1.82, 2.24) is 16.0 Å². The third-order valence-electron chi connectivity index (χ3n) is 8.70. The normalized spacial score (nSPS) is 14.4. The molecule has 4 atom stereocenters. The van der Waals surface area contributed by atoms with Crippen molar-refractivity contribution >= 4 is 15.7 Å². The van der Waals surface area contributed by atoms with E-state index in [9.17, 15) is 32.2 Å². The first-order valence-corrected chi connectivity index (χ1v) is 19.0. The first-order valence-electron chi connectivity index (χ1n) is 17.3. The highest BCUT2D eigenvalue weighted by Gasteiger charge is 2.33. The topological polar surface area (TPSA) is 128 Å². The summed E-state index contributed by atoms with van der Waals surface area (Å²) >= 11 is 0. The molecule has 49 heavy (non-hydrogen) atoms. The van der Waals surface area contributed by atoms with E-state index >= 15 is 0 Å². The first kappa shape index (κ1) is 40.2. The Balaban J connectivity index is 1.86. The number of sulfone groups is 1. The molecule has 0 aromatic heterocycles. The molecule has 0 fully saturated rings. The van der Waals surface area contributed by atoms with E-state index in [1.165, 1.54) is 5.56 Å². The van der Waals surface area contributed by atoms with Crippen LogP contribution in [0.4, 0.5) is 8.78 Å². The molecular weight excluding hydrogens is 648 g/mol. The zero-order valence-electron chi connectivity index (χ0n) is 29.1. The predicted octanol–water partition coefficient (Wildman–Crippen LogP) is 5.29. The Labute approximate surface area is 290 Å². The van der Waals surface area contributed by atoms with Crippen LogP contribution >= 0.6 is 0 Å². The highest BCUT2D eigenvalue weighted by Crippen LogP contribution is 2.20. The number of hydrogen-bond donors (Lipinski definition) is 5. The molecule has 0 radical (unpaired) electrons. The molecule has 3 rings (SSSR count). The number of aliphatic hydroxyl groups excluding tert-OH is 2. The third-order valence-corrected chi connectivity index (χ3v) is 11.1. The molecule has 0 aliphatic rings. The second-order valence-corrected chi connectivity index (χ2v) is 15.2. The Morgan fingerprint density at radius 2 is 1.49 bits per heavy atom. The monoisotopic (exact) mass is 701 g/mol.